The summed E-state index contributed by atoms with van der Waals surface area (Å²) in [5.74, 6) is 1.73. The average molecular weight is 231 g/mol. The zero-order valence-corrected chi connectivity index (χ0v) is 11.7. The zero-order valence-electron chi connectivity index (χ0n) is 11.7. The molecule has 1 aliphatic rings. The molecular weight excluding hydrogens is 206 g/mol. The van der Waals surface area contributed by atoms with E-state index in [2.05, 4.69) is 50.8 Å². The molecule has 0 radical (unpaired) electrons. The maximum Gasteiger partial charge on any atom is 0.0239 e. The predicted octanol–water partition coefficient (Wildman–Crippen LogP) is 3.78. The van der Waals surface area contributed by atoms with Crippen LogP contribution >= 0.6 is 0 Å². The summed E-state index contributed by atoms with van der Waals surface area (Å²) in [6.07, 6.45) is 1.38. The van der Waals surface area contributed by atoms with Crippen molar-refractivity contribution in [1.29, 1.82) is 0 Å². The van der Waals surface area contributed by atoms with Crippen molar-refractivity contribution >= 4 is 0 Å². The highest BCUT2D eigenvalue weighted by Crippen LogP contribution is 2.26. The van der Waals surface area contributed by atoms with Crippen LogP contribution in [0.2, 0.25) is 0 Å². The molecule has 1 nitrogen and oxygen atoms in total. The lowest BCUT2D eigenvalue weighted by Crippen LogP contribution is -2.22. The molecule has 1 saturated heterocycles. The lowest BCUT2D eigenvalue weighted by atomic mass is 9.95. The molecule has 1 heterocycles. The van der Waals surface area contributed by atoms with Crippen LogP contribution in [0.1, 0.15) is 37.0 Å². The van der Waals surface area contributed by atoms with Gasteiger partial charge in [0.25, 0.3) is 0 Å². The molecular formula is C16H25N. The van der Waals surface area contributed by atoms with E-state index in [0.29, 0.717) is 0 Å². The van der Waals surface area contributed by atoms with Crippen LogP contribution in [0.4, 0.5) is 0 Å². The van der Waals surface area contributed by atoms with Gasteiger partial charge in [-0.1, -0.05) is 32.0 Å². The van der Waals surface area contributed by atoms with E-state index in [-0.39, 0.29) is 0 Å². The monoisotopic (exact) mass is 231 g/mol. The molecule has 1 aliphatic heterocycles. The first kappa shape index (κ1) is 12.6. The molecule has 1 atom stereocenters. The molecule has 1 heteroatoms. The molecule has 0 aliphatic carbocycles. The van der Waals surface area contributed by atoms with Gasteiger partial charge < -0.3 is 0 Å². The second-order valence-electron chi connectivity index (χ2n) is 5.90. The zero-order chi connectivity index (χ0) is 12.4. The highest BCUT2D eigenvalue weighted by atomic mass is 15.1. The third-order valence-corrected chi connectivity index (χ3v) is 4.28. The topological polar surface area (TPSA) is 3.24 Å². The molecule has 17 heavy (non-hydrogen) atoms. The first-order chi connectivity index (χ1) is 8.08. The molecule has 0 aromatic heterocycles. The smallest absolute Gasteiger partial charge is 0.0239 e. The highest BCUT2D eigenvalue weighted by molar-refractivity contribution is 5.33. The highest BCUT2D eigenvalue weighted by Gasteiger charge is 2.25. The number of rotatable bonds is 3. The second-order valence-corrected chi connectivity index (χ2v) is 5.90. The van der Waals surface area contributed by atoms with Gasteiger partial charge in [-0.15, -0.1) is 0 Å². The lowest BCUT2D eigenvalue weighted by Gasteiger charge is -2.20. The number of aryl methyl sites for hydroxylation is 2. The SMILES string of the molecule is Cc1cccc(C)c1CN1CC[C@@H](C(C)C)C1. The van der Waals surface area contributed by atoms with Gasteiger partial charge >= 0.3 is 0 Å². The summed E-state index contributed by atoms with van der Waals surface area (Å²) >= 11 is 0. The Morgan fingerprint density at radius 2 is 1.88 bits per heavy atom. The average Bonchev–Trinajstić information content (AvgIpc) is 2.72. The molecule has 94 valence electrons. The first-order valence-corrected chi connectivity index (χ1v) is 6.85. The van der Waals surface area contributed by atoms with Crippen molar-refractivity contribution in [3.63, 3.8) is 0 Å². The van der Waals surface area contributed by atoms with Gasteiger partial charge in [-0.05, 0) is 55.3 Å². The molecule has 0 spiro atoms. The van der Waals surface area contributed by atoms with Crippen molar-refractivity contribution in [3.8, 4) is 0 Å². The molecule has 0 N–H and O–H groups in total. The maximum absolute atomic E-state index is 2.62. The molecule has 1 aromatic carbocycles. The van der Waals surface area contributed by atoms with Gasteiger partial charge in [0.05, 0.1) is 0 Å². The molecule has 1 fully saturated rings. The fraction of sp³-hybridized carbons (Fsp3) is 0.625. The standard InChI is InChI=1S/C16H25N/c1-12(2)15-8-9-17(10-15)11-16-13(3)6-5-7-14(16)4/h5-7,12,15H,8-11H2,1-4H3/t15-/m1/s1. The number of hydrogen-bond donors (Lipinski definition) is 0. The summed E-state index contributed by atoms with van der Waals surface area (Å²) in [6.45, 7) is 12.9. The fourth-order valence-corrected chi connectivity index (χ4v) is 2.87. The molecule has 2 rings (SSSR count). The van der Waals surface area contributed by atoms with E-state index in [1.54, 1.807) is 0 Å². The van der Waals surface area contributed by atoms with Crippen LogP contribution < -0.4 is 0 Å². The Morgan fingerprint density at radius 3 is 2.41 bits per heavy atom. The Bertz CT molecular complexity index is 361. The van der Waals surface area contributed by atoms with E-state index in [1.165, 1.54) is 36.2 Å². The van der Waals surface area contributed by atoms with Gasteiger partial charge in [0, 0.05) is 13.1 Å². The van der Waals surface area contributed by atoms with Gasteiger partial charge in [0.15, 0.2) is 0 Å². The van der Waals surface area contributed by atoms with Crippen LogP contribution in [0, 0.1) is 25.7 Å². The van der Waals surface area contributed by atoms with Gasteiger partial charge in [-0.3, -0.25) is 4.90 Å². The minimum Gasteiger partial charge on any atom is -0.299 e. The number of benzene rings is 1. The van der Waals surface area contributed by atoms with E-state index >= 15 is 0 Å². The number of likely N-dealkylation sites (tertiary alicyclic amines) is 1. The number of nitrogens with zero attached hydrogens (tertiary/aromatic N) is 1. The minimum absolute atomic E-state index is 0.831. The van der Waals surface area contributed by atoms with Crippen molar-refractivity contribution in [1.82, 2.24) is 4.90 Å². The summed E-state index contributed by atoms with van der Waals surface area (Å²) < 4.78 is 0. The Morgan fingerprint density at radius 1 is 1.24 bits per heavy atom. The largest absolute Gasteiger partial charge is 0.299 e. The Balaban J connectivity index is 2.03. The Kier molecular flexibility index (Phi) is 3.88. The molecule has 0 amide bonds. The van der Waals surface area contributed by atoms with Crippen molar-refractivity contribution in [2.24, 2.45) is 11.8 Å². The van der Waals surface area contributed by atoms with Gasteiger partial charge in [0.2, 0.25) is 0 Å². The van der Waals surface area contributed by atoms with Gasteiger partial charge in [-0.2, -0.15) is 0 Å². The van der Waals surface area contributed by atoms with Gasteiger partial charge in [0.1, 0.15) is 0 Å². The summed E-state index contributed by atoms with van der Waals surface area (Å²) in [7, 11) is 0. The normalized spacial score (nSPS) is 21.4. The molecule has 0 saturated carbocycles. The van der Waals surface area contributed by atoms with Gasteiger partial charge in [-0.25, -0.2) is 0 Å². The van der Waals surface area contributed by atoms with E-state index in [4.69, 9.17) is 0 Å². The van der Waals surface area contributed by atoms with Crippen LogP contribution in [0.5, 0.6) is 0 Å². The molecule has 0 bridgehead atoms. The first-order valence-electron chi connectivity index (χ1n) is 6.85. The molecule has 0 unspecified atom stereocenters. The third kappa shape index (κ3) is 2.90. The Labute approximate surface area is 106 Å². The second kappa shape index (κ2) is 5.22. The summed E-state index contributed by atoms with van der Waals surface area (Å²) in [4.78, 5) is 2.62. The number of hydrogen-bond acceptors (Lipinski definition) is 1. The van der Waals surface area contributed by atoms with Crippen LogP contribution in [-0.2, 0) is 6.54 Å². The summed E-state index contributed by atoms with van der Waals surface area (Å²) in [5.41, 5.74) is 4.42. The van der Waals surface area contributed by atoms with Crippen molar-refractivity contribution in [3.05, 3.63) is 34.9 Å². The molecule has 1 aromatic rings. The third-order valence-electron chi connectivity index (χ3n) is 4.28. The Hall–Kier alpha value is -0.820. The van der Waals surface area contributed by atoms with E-state index in [0.717, 1.165) is 18.4 Å². The van der Waals surface area contributed by atoms with E-state index in [9.17, 15) is 0 Å². The van der Waals surface area contributed by atoms with Crippen molar-refractivity contribution in [2.45, 2.75) is 40.7 Å². The quantitative estimate of drug-likeness (QED) is 0.765. The summed E-state index contributed by atoms with van der Waals surface area (Å²) in [5, 5.41) is 0. The van der Waals surface area contributed by atoms with Crippen LogP contribution in [0.15, 0.2) is 18.2 Å². The fourth-order valence-electron chi connectivity index (χ4n) is 2.87. The van der Waals surface area contributed by atoms with Crippen LogP contribution in [0.25, 0.3) is 0 Å². The summed E-state index contributed by atoms with van der Waals surface area (Å²) in [6, 6.07) is 6.63. The van der Waals surface area contributed by atoms with Crippen molar-refractivity contribution < 1.29 is 0 Å². The predicted molar refractivity (Wildman–Crippen MR) is 74.1 cm³/mol. The van der Waals surface area contributed by atoms with E-state index < -0.39 is 0 Å². The maximum atomic E-state index is 2.62. The van der Waals surface area contributed by atoms with Crippen LogP contribution in [-0.4, -0.2) is 18.0 Å². The van der Waals surface area contributed by atoms with Crippen LogP contribution in [0.3, 0.4) is 0 Å². The lowest BCUT2D eigenvalue weighted by molar-refractivity contribution is 0.296. The van der Waals surface area contributed by atoms with Crippen molar-refractivity contribution in [2.75, 3.05) is 13.1 Å². The minimum atomic E-state index is 0.831. The van der Waals surface area contributed by atoms with E-state index in [1.807, 2.05) is 0 Å².